The van der Waals surface area contributed by atoms with Gasteiger partial charge in [0.25, 0.3) is 0 Å². The minimum absolute atomic E-state index is 0.466. The van der Waals surface area contributed by atoms with Crippen LogP contribution >= 0.6 is 0 Å². The monoisotopic (exact) mass is 141 g/mol. The van der Waals surface area contributed by atoms with Crippen LogP contribution in [0.4, 0.5) is 0 Å². The predicted molar refractivity (Wildman–Crippen MR) is 44.8 cm³/mol. The van der Waals surface area contributed by atoms with Gasteiger partial charge in [-0.1, -0.05) is 20.8 Å². The summed E-state index contributed by atoms with van der Waals surface area (Å²) in [5.41, 5.74) is 6.45. The Morgan fingerprint density at radius 2 is 2.00 bits per heavy atom. The Hall–Kier alpha value is -0.0400. The van der Waals surface area contributed by atoms with Crippen molar-refractivity contribution in [3.63, 3.8) is 0 Å². The summed E-state index contributed by atoms with van der Waals surface area (Å²) in [6.07, 6.45) is 3.82. The average Bonchev–Trinajstić information content (AvgIpc) is 1.79. The molecule has 1 rings (SSSR count). The lowest BCUT2D eigenvalue weighted by atomic mass is 9.71. The molecule has 1 aliphatic rings. The molecule has 0 aromatic heterocycles. The molecule has 60 valence electrons. The van der Waals surface area contributed by atoms with Crippen LogP contribution in [0.2, 0.25) is 0 Å². The molecule has 1 aliphatic carbocycles. The standard InChI is InChI=1S/C9H19N/c1-7-6-9(2,3)5-4-8(7)10/h7-8H,4-6,10H2,1-3H3/t7-,8+/m0/s1. The lowest BCUT2D eigenvalue weighted by molar-refractivity contribution is 0.169. The highest BCUT2D eigenvalue weighted by Crippen LogP contribution is 2.37. The van der Waals surface area contributed by atoms with Gasteiger partial charge < -0.3 is 5.73 Å². The average molecular weight is 141 g/mol. The molecule has 0 amide bonds. The first-order chi connectivity index (χ1) is 4.51. The van der Waals surface area contributed by atoms with Crippen LogP contribution in [0, 0.1) is 11.3 Å². The highest BCUT2D eigenvalue weighted by Gasteiger charge is 2.29. The van der Waals surface area contributed by atoms with E-state index in [1.54, 1.807) is 0 Å². The SMILES string of the molecule is C[C@H]1CC(C)(C)CC[C@H]1N. The molecule has 1 fully saturated rings. The Morgan fingerprint density at radius 1 is 1.40 bits per heavy atom. The smallest absolute Gasteiger partial charge is 0.00649 e. The molecule has 0 heterocycles. The van der Waals surface area contributed by atoms with Crippen molar-refractivity contribution in [2.24, 2.45) is 17.1 Å². The van der Waals surface area contributed by atoms with E-state index < -0.39 is 0 Å². The summed E-state index contributed by atoms with van der Waals surface area (Å²) in [7, 11) is 0. The van der Waals surface area contributed by atoms with E-state index in [1.165, 1.54) is 19.3 Å². The van der Waals surface area contributed by atoms with Gasteiger partial charge in [0.05, 0.1) is 0 Å². The summed E-state index contributed by atoms with van der Waals surface area (Å²) < 4.78 is 0. The van der Waals surface area contributed by atoms with Gasteiger partial charge in [0.1, 0.15) is 0 Å². The maximum absolute atomic E-state index is 5.90. The van der Waals surface area contributed by atoms with Crippen molar-refractivity contribution in [2.75, 3.05) is 0 Å². The van der Waals surface area contributed by atoms with Gasteiger partial charge in [0.15, 0.2) is 0 Å². The van der Waals surface area contributed by atoms with E-state index in [2.05, 4.69) is 20.8 Å². The number of rotatable bonds is 0. The first kappa shape index (κ1) is 8.06. The van der Waals surface area contributed by atoms with Crippen LogP contribution in [0.15, 0.2) is 0 Å². The van der Waals surface area contributed by atoms with Crippen molar-refractivity contribution in [3.05, 3.63) is 0 Å². The Balaban J connectivity index is 2.49. The van der Waals surface area contributed by atoms with E-state index in [9.17, 15) is 0 Å². The van der Waals surface area contributed by atoms with E-state index >= 15 is 0 Å². The molecule has 0 spiro atoms. The summed E-state index contributed by atoms with van der Waals surface area (Å²) in [5.74, 6) is 0.726. The van der Waals surface area contributed by atoms with E-state index in [4.69, 9.17) is 5.73 Å². The summed E-state index contributed by atoms with van der Waals surface area (Å²) in [4.78, 5) is 0. The van der Waals surface area contributed by atoms with Crippen LogP contribution in [0.5, 0.6) is 0 Å². The van der Waals surface area contributed by atoms with Crippen molar-refractivity contribution in [1.82, 2.24) is 0 Å². The normalized spacial score (nSPS) is 39.6. The molecule has 2 atom stereocenters. The van der Waals surface area contributed by atoms with Crippen molar-refractivity contribution in [2.45, 2.75) is 46.1 Å². The van der Waals surface area contributed by atoms with Crippen molar-refractivity contribution in [1.29, 1.82) is 0 Å². The quantitative estimate of drug-likeness (QED) is 0.549. The van der Waals surface area contributed by atoms with E-state index in [1.807, 2.05) is 0 Å². The molecule has 0 bridgehead atoms. The Morgan fingerprint density at radius 3 is 2.40 bits per heavy atom. The first-order valence-electron chi connectivity index (χ1n) is 4.27. The molecule has 0 radical (unpaired) electrons. The van der Waals surface area contributed by atoms with E-state index in [0.29, 0.717) is 11.5 Å². The van der Waals surface area contributed by atoms with Gasteiger partial charge in [0.2, 0.25) is 0 Å². The molecule has 10 heavy (non-hydrogen) atoms. The van der Waals surface area contributed by atoms with E-state index in [0.717, 1.165) is 5.92 Å². The third-order valence-electron chi connectivity index (χ3n) is 2.76. The minimum Gasteiger partial charge on any atom is -0.327 e. The fourth-order valence-corrected chi connectivity index (χ4v) is 1.97. The molecule has 0 saturated heterocycles. The maximum Gasteiger partial charge on any atom is 0.00649 e. The Labute approximate surface area is 64.0 Å². The molecule has 2 N–H and O–H groups in total. The molecule has 1 heteroatoms. The summed E-state index contributed by atoms with van der Waals surface area (Å²) in [5, 5.41) is 0. The van der Waals surface area contributed by atoms with Crippen molar-refractivity contribution < 1.29 is 0 Å². The van der Waals surface area contributed by atoms with Gasteiger partial charge in [-0.05, 0) is 30.6 Å². The topological polar surface area (TPSA) is 26.0 Å². The fraction of sp³-hybridized carbons (Fsp3) is 1.00. The molecule has 0 aliphatic heterocycles. The highest BCUT2D eigenvalue weighted by molar-refractivity contribution is 4.84. The third-order valence-corrected chi connectivity index (χ3v) is 2.76. The largest absolute Gasteiger partial charge is 0.327 e. The summed E-state index contributed by atoms with van der Waals surface area (Å²) >= 11 is 0. The molecular weight excluding hydrogens is 122 g/mol. The van der Waals surface area contributed by atoms with Crippen LogP contribution in [-0.2, 0) is 0 Å². The summed E-state index contributed by atoms with van der Waals surface area (Å²) in [6, 6.07) is 0.466. The van der Waals surface area contributed by atoms with Crippen LogP contribution in [0.1, 0.15) is 40.0 Å². The van der Waals surface area contributed by atoms with Crippen molar-refractivity contribution in [3.8, 4) is 0 Å². The van der Waals surface area contributed by atoms with Gasteiger partial charge in [-0.3, -0.25) is 0 Å². The molecule has 0 aromatic carbocycles. The second kappa shape index (κ2) is 2.54. The molecule has 1 nitrogen and oxygen atoms in total. The van der Waals surface area contributed by atoms with Crippen LogP contribution in [0.3, 0.4) is 0 Å². The second-order valence-electron chi connectivity index (χ2n) is 4.55. The number of hydrogen-bond acceptors (Lipinski definition) is 1. The lowest BCUT2D eigenvalue weighted by Gasteiger charge is -2.37. The Kier molecular flexibility index (Phi) is 2.04. The lowest BCUT2D eigenvalue weighted by Crippen LogP contribution is -2.37. The zero-order valence-electron chi connectivity index (χ0n) is 7.35. The van der Waals surface area contributed by atoms with Gasteiger partial charge >= 0.3 is 0 Å². The third kappa shape index (κ3) is 1.72. The Bertz CT molecular complexity index is 118. The fourth-order valence-electron chi connectivity index (χ4n) is 1.97. The van der Waals surface area contributed by atoms with E-state index in [-0.39, 0.29) is 0 Å². The predicted octanol–water partition coefficient (Wildman–Crippen LogP) is 2.16. The number of hydrogen-bond donors (Lipinski definition) is 1. The minimum atomic E-state index is 0.466. The molecule has 0 aromatic rings. The zero-order chi connectivity index (χ0) is 7.78. The van der Waals surface area contributed by atoms with Crippen LogP contribution < -0.4 is 5.73 Å². The second-order valence-corrected chi connectivity index (χ2v) is 4.55. The van der Waals surface area contributed by atoms with Gasteiger partial charge in [-0.25, -0.2) is 0 Å². The highest BCUT2D eigenvalue weighted by atomic mass is 14.7. The van der Waals surface area contributed by atoms with Gasteiger partial charge in [0, 0.05) is 6.04 Å². The first-order valence-corrected chi connectivity index (χ1v) is 4.27. The van der Waals surface area contributed by atoms with Gasteiger partial charge in [-0.2, -0.15) is 0 Å². The molecule has 0 unspecified atom stereocenters. The van der Waals surface area contributed by atoms with Crippen molar-refractivity contribution >= 4 is 0 Å². The van der Waals surface area contributed by atoms with Crippen LogP contribution in [-0.4, -0.2) is 6.04 Å². The maximum atomic E-state index is 5.90. The van der Waals surface area contributed by atoms with Crippen LogP contribution in [0.25, 0.3) is 0 Å². The zero-order valence-corrected chi connectivity index (χ0v) is 7.35. The summed E-state index contributed by atoms with van der Waals surface area (Å²) in [6.45, 7) is 6.95. The molecule has 1 saturated carbocycles. The van der Waals surface area contributed by atoms with Gasteiger partial charge in [-0.15, -0.1) is 0 Å². The molecular formula is C9H19N. The number of nitrogens with two attached hydrogens (primary N) is 1.